The Bertz CT molecular complexity index is 1500. The first-order valence-corrected chi connectivity index (χ1v) is 14.8. The summed E-state index contributed by atoms with van der Waals surface area (Å²) < 4.78 is 14.4. The predicted octanol–water partition coefficient (Wildman–Crippen LogP) is 6.96. The lowest BCUT2D eigenvalue weighted by atomic mass is 9.49. The molecule has 2 aliphatic rings. The van der Waals surface area contributed by atoms with Gasteiger partial charge in [0.05, 0.1) is 16.8 Å². The third kappa shape index (κ3) is 5.44. The van der Waals surface area contributed by atoms with Gasteiger partial charge in [0.2, 0.25) is 11.8 Å². The minimum atomic E-state index is -0.917. The second-order valence-corrected chi connectivity index (χ2v) is 12.6. The summed E-state index contributed by atoms with van der Waals surface area (Å²) in [4.78, 5) is 27.9. The molecule has 0 heterocycles. The molecule has 3 aromatic carbocycles. The first kappa shape index (κ1) is 29.5. The average Bonchev–Trinajstić information content (AvgIpc) is 2.98. The second kappa shape index (κ2) is 11.7. The molecule has 2 amide bonds. The van der Waals surface area contributed by atoms with Crippen molar-refractivity contribution in [3.63, 3.8) is 0 Å². The Morgan fingerprint density at radius 2 is 1.74 bits per heavy atom. The van der Waals surface area contributed by atoms with Gasteiger partial charge in [-0.25, -0.2) is 4.39 Å². The molecule has 2 aliphatic carbocycles. The molecular weight excluding hydrogens is 529 g/mol. The summed E-state index contributed by atoms with van der Waals surface area (Å²) in [6.45, 7) is 8.47. The number of hydrogen-bond acceptors (Lipinski definition) is 4. The number of fused-ring (bicyclic) bond motifs is 3. The van der Waals surface area contributed by atoms with E-state index in [1.165, 1.54) is 17.7 Å². The highest BCUT2D eigenvalue weighted by Gasteiger charge is 2.56. The third-order valence-electron chi connectivity index (χ3n) is 9.64. The lowest BCUT2D eigenvalue weighted by molar-refractivity contribution is -0.140. The topological polar surface area (TPSA) is 90.8 Å². The van der Waals surface area contributed by atoms with Crippen LogP contribution in [-0.4, -0.2) is 28.8 Å². The van der Waals surface area contributed by atoms with E-state index in [9.17, 15) is 19.2 Å². The summed E-state index contributed by atoms with van der Waals surface area (Å²) in [6, 6.07) is 21.0. The highest BCUT2D eigenvalue weighted by Crippen LogP contribution is 2.57. The Kier molecular flexibility index (Phi) is 8.22. The number of para-hydroxylation sites is 1. The van der Waals surface area contributed by atoms with Crippen LogP contribution in [0, 0.1) is 17.2 Å². The van der Waals surface area contributed by atoms with Crippen LogP contribution in [0.4, 0.5) is 10.1 Å². The maximum absolute atomic E-state index is 14.4. The standard InChI is InChI=1S/C35H40FN3O3/c1-22(2)24-15-16-26-25(20-24)29(39-42)21-31-34(26,3)17-10-18-35(31,4)33(41)38-30(19-23-11-6-5-7-12-23)32(40)37-28-14-9-8-13-27(28)36/h5-9,11-16,20,22,30-31,42H,10,17-19,21H2,1-4H3,(H,37,40)(H,38,41)/b39-29-/t30-,31-,34-,35-/m1/s1. The van der Waals surface area contributed by atoms with Gasteiger partial charge in [0.1, 0.15) is 11.9 Å². The number of benzene rings is 3. The normalized spacial score (nSPS) is 24.9. The molecule has 220 valence electrons. The Morgan fingerprint density at radius 3 is 2.43 bits per heavy atom. The fourth-order valence-electron chi connectivity index (χ4n) is 7.14. The maximum atomic E-state index is 14.4. The highest BCUT2D eigenvalue weighted by atomic mass is 19.1. The summed E-state index contributed by atoms with van der Waals surface area (Å²) in [5.74, 6) is -1.05. The molecule has 0 spiro atoms. The molecule has 1 saturated carbocycles. The summed E-state index contributed by atoms with van der Waals surface area (Å²) in [5.41, 5.74) is 3.64. The number of rotatable bonds is 7. The van der Waals surface area contributed by atoms with Gasteiger partial charge in [0.15, 0.2) is 0 Å². The molecule has 5 rings (SSSR count). The number of oxime groups is 1. The molecule has 0 radical (unpaired) electrons. The van der Waals surface area contributed by atoms with Crippen LogP contribution in [0.25, 0.3) is 0 Å². The van der Waals surface area contributed by atoms with E-state index in [4.69, 9.17) is 0 Å². The molecule has 0 bridgehead atoms. The largest absolute Gasteiger partial charge is 0.411 e. The van der Waals surface area contributed by atoms with Crippen molar-refractivity contribution in [2.75, 3.05) is 5.32 Å². The van der Waals surface area contributed by atoms with Crippen molar-refractivity contribution in [1.82, 2.24) is 5.32 Å². The van der Waals surface area contributed by atoms with Crippen molar-refractivity contribution < 1.29 is 19.2 Å². The van der Waals surface area contributed by atoms with E-state index in [1.807, 2.05) is 37.3 Å². The zero-order valence-corrected chi connectivity index (χ0v) is 24.8. The van der Waals surface area contributed by atoms with E-state index in [1.54, 1.807) is 12.1 Å². The Hall–Kier alpha value is -4.00. The first-order chi connectivity index (χ1) is 20.1. The van der Waals surface area contributed by atoms with Crippen molar-refractivity contribution in [3.05, 3.63) is 101 Å². The van der Waals surface area contributed by atoms with Gasteiger partial charge in [0.25, 0.3) is 0 Å². The van der Waals surface area contributed by atoms with Crippen molar-refractivity contribution in [1.29, 1.82) is 0 Å². The number of carbonyl (C=O) groups excluding carboxylic acids is 2. The van der Waals surface area contributed by atoms with Gasteiger partial charge in [-0.15, -0.1) is 0 Å². The van der Waals surface area contributed by atoms with E-state index in [2.05, 4.69) is 54.8 Å². The van der Waals surface area contributed by atoms with E-state index in [0.29, 0.717) is 24.5 Å². The zero-order valence-electron chi connectivity index (χ0n) is 24.8. The molecular formula is C35H40FN3O3. The molecule has 6 nitrogen and oxygen atoms in total. The Morgan fingerprint density at radius 1 is 1.02 bits per heavy atom. The van der Waals surface area contributed by atoms with Crippen molar-refractivity contribution in [2.24, 2.45) is 16.5 Å². The van der Waals surface area contributed by atoms with Crippen LogP contribution in [0.15, 0.2) is 78.0 Å². The molecule has 4 atom stereocenters. The monoisotopic (exact) mass is 569 g/mol. The Labute approximate surface area is 247 Å². The summed E-state index contributed by atoms with van der Waals surface area (Å²) in [5, 5.41) is 19.6. The fourth-order valence-corrected chi connectivity index (χ4v) is 7.14. The molecule has 0 saturated heterocycles. The smallest absolute Gasteiger partial charge is 0.247 e. The first-order valence-electron chi connectivity index (χ1n) is 14.8. The van der Waals surface area contributed by atoms with E-state index in [-0.39, 0.29) is 29.3 Å². The molecule has 3 aromatic rings. The number of amides is 2. The molecule has 7 heteroatoms. The van der Waals surface area contributed by atoms with Crippen molar-refractivity contribution in [3.8, 4) is 0 Å². The van der Waals surface area contributed by atoms with Gasteiger partial charge in [0, 0.05) is 12.0 Å². The number of nitrogens with one attached hydrogen (secondary N) is 2. The lowest BCUT2D eigenvalue weighted by Crippen LogP contribution is -2.58. The van der Waals surface area contributed by atoms with Crippen LogP contribution in [0.2, 0.25) is 0 Å². The quantitative estimate of drug-likeness (QED) is 0.212. The van der Waals surface area contributed by atoms with Crippen LogP contribution < -0.4 is 10.6 Å². The molecule has 0 aromatic heterocycles. The van der Waals surface area contributed by atoms with Gasteiger partial charge in [-0.1, -0.05) is 93.9 Å². The molecule has 0 aliphatic heterocycles. The minimum absolute atomic E-state index is 0.0692. The SMILES string of the molecule is CC(C)c1ccc2c(c1)/C(=N\O)C[C@H]1[C@](C)(C(=O)N[C@H](Cc3ccccc3)C(=O)Nc3ccccc3F)CCC[C@]21C. The molecule has 42 heavy (non-hydrogen) atoms. The number of carbonyl (C=O) groups is 2. The predicted molar refractivity (Wildman–Crippen MR) is 163 cm³/mol. The fraction of sp³-hybridized carbons (Fsp3) is 0.400. The van der Waals surface area contributed by atoms with Crippen molar-refractivity contribution >= 4 is 23.2 Å². The van der Waals surface area contributed by atoms with Crippen LogP contribution in [0.5, 0.6) is 0 Å². The van der Waals surface area contributed by atoms with Crippen LogP contribution in [0.1, 0.15) is 81.5 Å². The molecule has 1 fully saturated rings. The zero-order chi connectivity index (χ0) is 30.1. The Balaban J connectivity index is 1.47. The van der Waals surface area contributed by atoms with Gasteiger partial charge in [-0.2, -0.15) is 0 Å². The summed E-state index contributed by atoms with van der Waals surface area (Å²) >= 11 is 0. The van der Waals surface area contributed by atoms with Crippen LogP contribution in [-0.2, 0) is 21.4 Å². The lowest BCUT2D eigenvalue weighted by Gasteiger charge is -2.54. The second-order valence-electron chi connectivity index (χ2n) is 12.6. The molecule has 0 unspecified atom stereocenters. The number of nitrogens with zero attached hydrogens (tertiary/aromatic N) is 1. The average molecular weight is 570 g/mol. The van der Waals surface area contributed by atoms with E-state index in [0.717, 1.165) is 29.5 Å². The minimum Gasteiger partial charge on any atom is -0.411 e. The maximum Gasteiger partial charge on any atom is 0.247 e. The van der Waals surface area contributed by atoms with Gasteiger partial charge in [-0.05, 0) is 71.4 Å². The highest BCUT2D eigenvalue weighted by molar-refractivity contribution is 6.04. The van der Waals surface area contributed by atoms with Crippen LogP contribution in [0.3, 0.4) is 0 Å². The third-order valence-corrected chi connectivity index (χ3v) is 9.64. The van der Waals surface area contributed by atoms with Crippen LogP contribution >= 0.6 is 0 Å². The van der Waals surface area contributed by atoms with Gasteiger partial charge < -0.3 is 15.8 Å². The van der Waals surface area contributed by atoms with Gasteiger partial charge >= 0.3 is 0 Å². The summed E-state index contributed by atoms with van der Waals surface area (Å²) in [7, 11) is 0. The van der Waals surface area contributed by atoms with E-state index >= 15 is 0 Å². The summed E-state index contributed by atoms with van der Waals surface area (Å²) in [6.07, 6.45) is 3.11. The number of halogens is 1. The van der Waals surface area contributed by atoms with Crippen molar-refractivity contribution in [2.45, 2.75) is 77.2 Å². The molecule has 3 N–H and O–H groups in total. The number of anilines is 1. The van der Waals surface area contributed by atoms with Gasteiger partial charge in [-0.3, -0.25) is 9.59 Å². The number of hydrogen-bond donors (Lipinski definition) is 3. The van der Waals surface area contributed by atoms with E-state index < -0.39 is 23.2 Å².